The van der Waals surface area contributed by atoms with Crippen LogP contribution < -0.4 is 0 Å². The Bertz CT molecular complexity index is 555. The Morgan fingerprint density at radius 1 is 0.735 bits per heavy atom. The van der Waals surface area contributed by atoms with E-state index in [0.717, 1.165) is 32.1 Å². The largest absolute Gasteiger partial charge is 0.448 e. The van der Waals surface area contributed by atoms with E-state index in [0.29, 0.717) is 26.1 Å². The number of allylic oxidation sites excluding steroid dienone is 2. The van der Waals surface area contributed by atoms with Crippen molar-refractivity contribution >= 4 is 16.4 Å². The monoisotopic (exact) mass is 511 g/mol. The summed E-state index contributed by atoms with van der Waals surface area (Å²) in [5, 5.41) is 25.5. The Labute approximate surface area is 207 Å². The molecule has 0 aromatic carbocycles. The van der Waals surface area contributed by atoms with Crippen molar-refractivity contribution in [3.63, 3.8) is 0 Å². The van der Waals surface area contributed by atoms with Gasteiger partial charge in [-0.2, -0.15) is 8.42 Å². The fourth-order valence-electron chi connectivity index (χ4n) is 3.26. The van der Waals surface area contributed by atoms with Gasteiger partial charge in [0, 0.05) is 26.1 Å². The van der Waals surface area contributed by atoms with E-state index in [1.54, 1.807) is 4.90 Å². The van der Waals surface area contributed by atoms with Crippen LogP contribution in [-0.4, -0.2) is 78.6 Å². The Balaban J connectivity index is 0. The molecule has 204 valence electrons. The minimum atomic E-state index is -4.65. The molecule has 34 heavy (non-hydrogen) atoms. The van der Waals surface area contributed by atoms with Crippen LogP contribution in [0.25, 0.3) is 0 Å². The summed E-state index contributed by atoms with van der Waals surface area (Å²) in [6, 6.07) is 0. The van der Waals surface area contributed by atoms with Crippen LogP contribution in [0.15, 0.2) is 12.2 Å². The zero-order valence-corrected chi connectivity index (χ0v) is 21.9. The summed E-state index contributed by atoms with van der Waals surface area (Å²) in [6.07, 6.45) is 19.6. The Morgan fingerprint density at radius 3 is 1.56 bits per heavy atom. The molecule has 0 aliphatic carbocycles. The molecule has 0 spiro atoms. The lowest BCUT2D eigenvalue weighted by Crippen LogP contribution is -2.32. The highest BCUT2D eigenvalue weighted by Gasteiger charge is 2.12. The third-order valence-electron chi connectivity index (χ3n) is 5.09. The maximum atomic E-state index is 11.0. The summed E-state index contributed by atoms with van der Waals surface area (Å²) in [5.41, 5.74) is 0. The van der Waals surface area contributed by atoms with Gasteiger partial charge in [-0.15, -0.1) is 0 Å². The number of aliphatic hydroxyl groups excluding tert-OH is 3. The molecule has 0 bridgehead atoms. The Morgan fingerprint density at radius 2 is 1.15 bits per heavy atom. The van der Waals surface area contributed by atoms with Gasteiger partial charge in [-0.3, -0.25) is 14.2 Å². The van der Waals surface area contributed by atoms with Gasteiger partial charge in [0.25, 0.3) is 0 Å². The molecule has 0 aromatic rings. The van der Waals surface area contributed by atoms with Crippen LogP contribution in [0.1, 0.15) is 96.8 Å². The number of aliphatic hydroxyl groups is 3. The van der Waals surface area contributed by atoms with Gasteiger partial charge in [0.2, 0.25) is 0 Å². The van der Waals surface area contributed by atoms with Crippen molar-refractivity contribution in [3.05, 3.63) is 12.2 Å². The predicted molar refractivity (Wildman–Crippen MR) is 135 cm³/mol. The molecule has 0 unspecified atom stereocenters. The smallest absolute Gasteiger partial charge is 0.395 e. The summed E-state index contributed by atoms with van der Waals surface area (Å²) >= 11 is 0. The quantitative estimate of drug-likeness (QED) is 0.0972. The van der Waals surface area contributed by atoms with Crippen molar-refractivity contribution in [2.24, 2.45) is 0 Å². The van der Waals surface area contributed by atoms with Crippen LogP contribution in [0, 0.1) is 0 Å². The molecule has 0 atom stereocenters. The molecule has 0 amide bonds. The number of unbranched alkanes of at least 4 members (excludes halogenated alkanes) is 11. The van der Waals surface area contributed by atoms with Crippen LogP contribution in [0.5, 0.6) is 0 Å². The molecule has 10 heteroatoms. The summed E-state index contributed by atoms with van der Waals surface area (Å²) in [6.45, 7) is 3.99. The van der Waals surface area contributed by atoms with Gasteiger partial charge in [-0.25, -0.2) is 0 Å². The lowest BCUT2D eigenvalue weighted by molar-refractivity contribution is -0.134. The van der Waals surface area contributed by atoms with E-state index in [9.17, 15) is 13.2 Å². The number of hydrogen-bond acceptors (Lipinski definition) is 8. The molecule has 0 aliphatic rings. The van der Waals surface area contributed by atoms with Crippen LogP contribution in [0.4, 0.5) is 0 Å². The van der Waals surface area contributed by atoms with Crippen molar-refractivity contribution in [1.82, 2.24) is 4.90 Å². The fourth-order valence-corrected chi connectivity index (χ4v) is 3.58. The molecule has 4 N–H and O–H groups in total. The third kappa shape index (κ3) is 31.0. The molecule has 0 rings (SSSR count). The zero-order valence-electron chi connectivity index (χ0n) is 21.1. The Hall–Kier alpha value is -1.04. The van der Waals surface area contributed by atoms with E-state index >= 15 is 0 Å². The predicted octanol–water partition coefficient (Wildman–Crippen LogP) is 3.64. The average molecular weight is 512 g/mol. The van der Waals surface area contributed by atoms with E-state index in [2.05, 4.69) is 23.3 Å². The van der Waals surface area contributed by atoms with Gasteiger partial charge in [0.05, 0.1) is 19.8 Å². The van der Waals surface area contributed by atoms with Gasteiger partial charge in [-0.1, -0.05) is 70.4 Å². The molecule has 0 saturated heterocycles. The lowest BCUT2D eigenvalue weighted by Gasteiger charge is -2.17. The molecule has 0 radical (unpaired) electrons. The van der Waals surface area contributed by atoms with Gasteiger partial charge in [-0.05, 0) is 32.1 Å². The number of hydrogen-bond donors (Lipinski definition) is 4. The van der Waals surface area contributed by atoms with Crippen molar-refractivity contribution in [2.45, 2.75) is 96.8 Å². The van der Waals surface area contributed by atoms with E-state index < -0.39 is 16.4 Å². The van der Waals surface area contributed by atoms with E-state index in [1.165, 1.54) is 44.9 Å². The number of carbonyl (C=O) groups is 1. The molecule has 0 aromatic heterocycles. The van der Waals surface area contributed by atoms with Crippen LogP contribution in [-0.2, 0) is 19.4 Å². The van der Waals surface area contributed by atoms with E-state index in [1.807, 2.05) is 0 Å². The number of nitrogens with zero attached hydrogens (tertiary/aromatic N) is 1. The summed E-state index contributed by atoms with van der Waals surface area (Å²) in [4.78, 5) is 12.8. The van der Waals surface area contributed by atoms with Gasteiger partial charge < -0.3 is 19.5 Å². The molecule has 9 nitrogen and oxygen atoms in total. The van der Waals surface area contributed by atoms with Crippen molar-refractivity contribution in [3.8, 4) is 0 Å². The highest BCUT2D eigenvalue weighted by Crippen LogP contribution is 2.10. The maximum absolute atomic E-state index is 11.0. The molecule has 0 saturated carbocycles. The third-order valence-corrected chi connectivity index (χ3v) is 5.49. The van der Waals surface area contributed by atoms with Crippen molar-refractivity contribution in [1.29, 1.82) is 0 Å². The number of rotatable bonds is 22. The normalized spacial score (nSPS) is 11.6. The van der Waals surface area contributed by atoms with Crippen LogP contribution >= 0.6 is 0 Å². The first-order valence-electron chi connectivity index (χ1n) is 12.7. The van der Waals surface area contributed by atoms with Crippen molar-refractivity contribution < 1.29 is 37.3 Å². The van der Waals surface area contributed by atoms with Crippen LogP contribution in [0.3, 0.4) is 0 Å². The summed E-state index contributed by atoms with van der Waals surface area (Å²) in [7, 11) is -4.65. The SMILES string of the molecule is CCCCCCCCC=CCCCCCCCC(=O)OS(=O)(=O)O.OCCN(CCO)CCO. The second-order valence-corrected chi connectivity index (χ2v) is 9.25. The van der Waals surface area contributed by atoms with Crippen LogP contribution in [0.2, 0.25) is 0 Å². The first kappa shape index (κ1) is 35.1. The first-order chi connectivity index (χ1) is 16.3. The second-order valence-electron chi connectivity index (χ2n) is 8.23. The summed E-state index contributed by atoms with van der Waals surface area (Å²) < 4.78 is 32.8. The fraction of sp³-hybridized carbons (Fsp3) is 0.875. The molecular weight excluding hydrogens is 462 g/mol. The Kier molecular flexibility index (Phi) is 27.4. The van der Waals surface area contributed by atoms with Gasteiger partial charge in [0.1, 0.15) is 0 Å². The minimum absolute atomic E-state index is 0.0257. The highest BCUT2D eigenvalue weighted by atomic mass is 32.3. The van der Waals surface area contributed by atoms with Gasteiger partial charge >= 0.3 is 16.4 Å². The molecule has 0 aliphatic heterocycles. The van der Waals surface area contributed by atoms with E-state index in [-0.39, 0.29) is 26.2 Å². The van der Waals surface area contributed by atoms with E-state index in [4.69, 9.17) is 19.9 Å². The van der Waals surface area contributed by atoms with Gasteiger partial charge in [0.15, 0.2) is 0 Å². The van der Waals surface area contributed by atoms with Crippen molar-refractivity contribution in [2.75, 3.05) is 39.5 Å². The average Bonchev–Trinajstić information content (AvgIpc) is 2.76. The molecular formula is C24H49NO8S. The zero-order chi connectivity index (χ0) is 25.9. The molecule has 0 heterocycles. The second kappa shape index (κ2) is 26.6. The minimum Gasteiger partial charge on any atom is -0.395 e. The standard InChI is InChI=1S/C18H34O5S.C6H15NO3/c1-2-3-4-5-6-7-8-9-10-11-12-13-14-15-16-17-18(19)23-24(20,21)22;8-4-1-7(2-5-9)3-6-10/h9-10H,2-8,11-17H2,1H3,(H,20,21,22);8-10H,1-6H2. The number of carbonyl (C=O) groups excluding carboxylic acids is 1. The topological polar surface area (TPSA) is 145 Å². The maximum Gasteiger partial charge on any atom is 0.448 e. The summed E-state index contributed by atoms with van der Waals surface area (Å²) in [5.74, 6) is -0.893. The molecule has 0 fully saturated rings. The lowest BCUT2D eigenvalue weighted by atomic mass is 10.1. The first-order valence-corrected chi connectivity index (χ1v) is 14.1. The highest BCUT2D eigenvalue weighted by molar-refractivity contribution is 7.81.